The van der Waals surface area contributed by atoms with Gasteiger partial charge in [0.05, 0.1) is 5.69 Å². The molecule has 0 saturated heterocycles. The van der Waals surface area contributed by atoms with Gasteiger partial charge in [-0.3, -0.25) is 0 Å². The number of benzene rings is 9. The van der Waals surface area contributed by atoms with Crippen LogP contribution in [0.3, 0.4) is 0 Å². The monoisotopic (exact) mass is 651 g/mol. The average Bonchev–Trinajstić information content (AvgIpc) is 3.67. The molecule has 0 spiro atoms. The number of para-hydroxylation sites is 1. The molecule has 0 radical (unpaired) electrons. The van der Waals surface area contributed by atoms with Crippen LogP contribution in [0, 0.1) is 0 Å². The van der Waals surface area contributed by atoms with Crippen molar-refractivity contribution in [3.63, 3.8) is 0 Å². The molecule has 0 aliphatic heterocycles. The van der Waals surface area contributed by atoms with Crippen molar-refractivity contribution in [3.05, 3.63) is 175 Å². The van der Waals surface area contributed by atoms with Gasteiger partial charge < -0.3 is 9.32 Å². The highest BCUT2D eigenvalue weighted by Gasteiger charge is 2.36. The van der Waals surface area contributed by atoms with Crippen LogP contribution >= 0.6 is 0 Å². The van der Waals surface area contributed by atoms with Crippen molar-refractivity contribution < 1.29 is 4.42 Å². The molecule has 10 aromatic rings. The first kappa shape index (κ1) is 28.5. The Labute approximate surface area is 295 Å². The lowest BCUT2D eigenvalue weighted by Crippen LogP contribution is -2.16. The molecule has 0 saturated carbocycles. The molecule has 1 aliphatic carbocycles. The van der Waals surface area contributed by atoms with Crippen molar-refractivity contribution in [2.45, 2.75) is 19.3 Å². The normalized spacial score (nSPS) is 13.5. The Morgan fingerprint density at radius 1 is 0.412 bits per heavy atom. The Kier molecular flexibility index (Phi) is 5.76. The maximum Gasteiger partial charge on any atom is 0.136 e. The Balaban J connectivity index is 1.23. The molecule has 2 heteroatoms. The summed E-state index contributed by atoms with van der Waals surface area (Å²) in [5, 5.41) is 12.2. The van der Waals surface area contributed by atoms with E-state index in [0.717, 1.165) is 33.6 Å². The Morgan fingerprint density at radius 3 is 1.94 bits per heavy atom. The SMILES string of the molecule is CC1(C)c2ccccc2-c2ccc(N(c3ccc4c5ccccc5c5c(ccc6oc7ccccc7c65)c4c3)c3cccc4ccccc34)cc21. The minimum Gasteiger partial charge on any atom is -0.456 e. The lowest BCUT2D eigenvalue weighted by Gasteiger charge is -2.29. The van der Waals surface area contributed by atoms with E-state index in [9.17, 15) is 0 Å². The number of furan rings is 1. The molecule has 1 aromatic heterocycles. The molecule has 9 aromatic carbocycles. The van der Waals surface area contributed by atoms with Crippen molar-refractivity contribution in [1.82, 2.24) is 0 Å². The van der Waals surface area contributed by atoms with Gasteiger partial charge in [-0.1, -0.05) is 129 Å². The van der Waals surface area contributed by atoms with Crippen molar-refractivity contribution >= 4 is 82.1 Å². The van der Waals surface area contributed by atoms with Crippen LogP contribution in [0.25, 0.3) is 76.2 Å². The summed E-state index contributed by atoms with van der Waals surface area (Å²) in [4.78, 5) is 2.47. The largest absolute Gasteiger partial charge is 0.456 e. The van der Waals surface area contributed by atoms with Gasteiger partial charge in [-0.15, -0.1) is 0 Å². The molecule has 240 valence electrons. The summed E-state index contributed by atoms with van der Waals surface area (Å²) in [5.74, 6) is 0. The summed E-state index contributed by atoms with van der Waals surface area (Å²) in [7, 11) is 0. The molecule has 0 fully saturated rings. The van der Waals surface area contributed by atoms with E-state index in [1.54, 1.807) is 0 Å². The molecular weight excluding hydrogens is 619 g/mol. The first-order chi connectivity index (χ1) is 25.1. The summed E-state index contributed by atoms with van der Waals surface area (Å²) >= 11 is 0. The zero-order chi connectivity index (χ0) is 33.8. The number of nitrogens with zero attached hydrogens (tertiary/aromatic N) is 1. The van der Waals surface area contributed by atoms with Gasteiger partial charge in [-0.05, 0) is 103 Å². The second-order valence-electron chi connectivity index (χ2n) is 14.5. The van der Waals surface area contributed by atoms with Crippen molar-refractivity contribution in [1.29, 1.82) is 0 Å². The van der Waals surface area contributed by atoms with Gasteiger partial charge in [0, 0.05) is 38.3 Å². The van der Waals surface area contributed by atoms with Crippen molar-refractivity contribution in [3.8, 4) is 11.1 Å². The van der Waals surface area contributed by atoms with Gasteiger partial charge >= 0.3 is 0 Å². The van der Waals surface area contributed by atoms with E-state index >= 15 is 0 Å². The van der Waals surface area contributed by atoms with Gasteiger partial charge in [-0.2, -0.15) is 0 Å². The highest BCUT2D eigenvalue weighted by molar-refractivity contribution is 6.34. The van der Waals surface area contributed by atoms with Gasteiger partial charge in [-0.25, -0.2) is 0 Å². The van der Waals surface area contributed by atoms with Crippen LogP contribution in [0.15, 0.2) is 168 Å². The van der Waals surface area contributed by atoms with Crippen LogP contribution in [0.4, 0.5) is 17.1 Å². The first-order valence-electron chi connectivity index (χ1n) is 17.8. The Bertz CT molecular complexity index is 3070. The number of anilines is 3. The molecule has 0 amide bonds. The third-order valence-corrected chi connectivity index (χ3v) is 11.4. The zero-order valence-corrected chi connectivity index (χ0v) is 28.4. The van der Waals surface area contributed by atoms with Crippen LogP contribution in [0.5, 0.6) is 0 Å². The average molecular weight is 652 g/mol. The fraction of sp³-hybridized carbons (Fsp3) is 0.0612. The van der Waals surface area contributed by atoms with E-state index in [4.69, 9.17) is 4.42 Å². The van der Waals surface area contributed by atoms with Gasteiger partial charge in [0.25, 0.3) is 0 Å². The highest BCUT2D eigenvalue weighted by Crippen LogP contribution is 2.51. The van der Waals surface area contributed by atoms with Gasteiger partial charge in [0.2, 0.25) is 0 Å². The predicted molar refractivity (Wildman–Crippen MR) is 216 cm³/mol. The zero-order valence-electron chi connectivity index (χ0n) is 28.4. The molecule has 0 bridgehead atoms. The lowest BCUT2D eigenvalue weighted by molar-refractivity contribution is 0.660. The van der Waals surface area contributed by atoms with Crippen molar-refractivity contribution in [2.75, 3.05) is 4.90 Å². The van der Waals surface area contributed by atoms with Crippen LogP contribution in [-0.2, 0) is 5.41 Å². The molecule has 1 aliphatic rings. The molecule has 11 rings (SSSR count). The van der Waals surface area contributed by atoms with Crippen LogP contribution in [0.2, 0.25) is 0 Å². The van der Waals surface area contributed by atoms with Crippen LogP contribution < -0.4 is 4.90 Å². The first-order valence-corrected chi connectivity index (χ1v) is 17.8. The van der Waals surface area contributed by atoms with E-state index in [2.05, 4.69) is 176 Å². The summed E-state index contributed by atoms with van der Waals surface area (Å²) in [6, 6.07) is 60.0. The summed E-state index contributed by atoms with van der Waals surface area (Å²) in [6.07, 6.45) is 0. The van der Waals surface area contributed by atoms with E-state index in [0.29, 0.717) is 0 Å². The minimum atomic E-state index is -0.108. The molecular formula is C49H33NO. The fourth-order valence-corrected chi connectivity index (χ4v) is 9.05. The Morgan fingerprint density at radius 2 is 1.04 bits per heavy atom. The molecule has 0 N–H and O–H groups in total. The predicted octanol–water partition coefficient (Wildman–Crippen LogP) is 14.0. The summed E-state index contributed by atoms with van der Waals surface area (Å²) < 4.78 is 6.41. The number of hydrogen-bond acceptors (Lipinski definition) is 2. The van der Waals surface area contributed by atoms with Crippen LogP contribution in [0.1, 0.15) is 25.0 Å². The topological polar surface area (TPSA) is 16.4 Å². The number of hydrogen-bond donors (Lipinski definition) is 0. The third-order valence-electron chi connectivity index (χ3n) is 11.4. The smallest absolute Gasteiger partial charge is 0.136 e. The lowest BCUT2D eigenvalue weighted by atomic mass is 9.82. The quantitative estimate of drug-likeness (QED) is 0.177. The van der Waals surface area contributed by atoms with E-state index in [-0.39, 0.29) is 5.41 Å². The van der Waals surface area contributed by atoms with E-state index < -0.39 is 0 Å². The maximum absolute atomic E-state index is 6.41. The molecule has 0 unspecified atom stereocenters. The summed E-state index contributed by atoms with van der Waals surface area (Å²) in [5.41, 5.74) is 10.6. The molecule has 0 atom stereocenters. The number of fused-ring (bicyclic) bond motifs is 14. The van der Waals surface area contributed by atoms with Crippen LogP contribution in [-0.4, -0.2) is 0 Å². The minimum absolute atomic E-state index is 0.108. The fourth-order valence-electron chi connectivity index (χ4n) is 9.05. The van der Waals surface area contributed by atoms with Gasteiger partial charge in [0.15, 0.2) is 0 Å². The standard InChI is InChI=1S/C49H33NO/c1-49(2)42-19-9-7-16-36(42)37-25-23-32(29-43(37)49)50(44-20-11-13-30-12-3-4-14-33(30)44)31-22-24-35-34-15-5-6-17-38(34)47-39(41(35)28-31)26-27-46-48(47)40-18-8-10-21-45(40)51-46/h3-29H,1-2H3. The maximum atomic E-state index is 6.41. The highest BCUT2D eigenvalue weighted by atomic mass is 16.3. The Hall–Kier alpha value is -6.38. The van der Waals surface area contributed by atoms with Gasteiger partial charge in [0.1, 0.15) is 11.2 Å². The molecule has 1 heterocycles. The van der Waals surface area contributed by atoms with E-state index in [1.807, 2.05) is 6.07 Å². The van der Waals surface area contributed by atoms with E-state index in [1.165, 1.54) is 70.7 Å². The second-order valence-corrected chi connectivity index (χ2v) is 14.5. The van der Waals surface area contributed by atoms with Crippen molar-refractivity contribution in [2.24, 2.45) is 0 Å². The molecule has 51 heavy (non-hydrogen) atoms. The third kappa shape index (κ3) is 3.93. The molecule has 2 nitrogen and oxygen atoms in total. The summed E-state index contributed by atoms with van der Waals surface area (Å²) in [6.45, 7) is 4.72. The number of rotatable bonds is 3. The second kappa shape index (κ2) is 10.3.